The Morgan fingerprint density at radius 3 is 2.97 bits per heavy atom. The SMILES string of the molecule is O=C(O)N[C@H]1CN[C@H](C#Cc2cc3ncnc(Nc4ccc(OCc5ccccn5)c(Cl)c4)c3s2)C1. The van der Waals surface area contributed by atoms with Gasteiger partial charge in [0.05, 0.1) is 31.9 Å². The van der Waals surface area contributed by atoms with Crippen LogP contribution in [0.2, 0.25) is 5.02 Å². The summed E-state index contributed by atoms with van der Waals surface area (Å²) < 4.78 is 6.67. The number of nitrogens with one attached hydrogen (secondary N) is 3. The first-order valence-electron chi connectivity index (χ1n) is 11.1. The molecule has 36 heavy (non-hydrogen) atoms. The summed E-state index contributed by atoms with van der Waals surface area (Å²) in [5, 5.41) is 18.4. The van der Waals surface area contributed by atoms with Crippen LogP contribution in [-0.4, -0.2) is 44.8 Å². The molecule has 9 nitrogen and oxygen atoms in total. The molecule has 4 N–H and O–H groups in total. The molecule has 0 saturated carbocycles. The fourth-order valence-electron chi connectivity index (χ4n) is 3.76. The summed E-state index contributed by atoms with van der Waals surface area (Å²) in [6.07, 6.45) is 2.82. The van der Waals surface area contributed by atoms with E-state index < -0.39 is 6.09 Å². The van der Waals surface area contributed by atoms with Crippen LogP contribution in [-0.2, 0) is 6.61 Å². The van der Waals surface area contributed by atoms with E-state index in [0.717, 1.165) is 26.5 Å². The fraction of sp³-hybridized carbons (Fsp3) is 0.200. The van der Waals surface area contributed by atoms with Gasteiger partial charge in [-0.25, -0.2) is 14.8 Å². The molecule has 1 aliphatic rings. The molecule has 0 aliphatic carbocycles. The van der Waals surface area contributed by atoms with Crippen molar-refractivity contribution in [2.45, 2.75) is 25.1 Å². The maximum atomic E-state index is 10.8. The Balaban J connectivity index is 1.27. The quantitative estimate of drug-likeness (QED) is 0.276. The number of hydrogen-bond donors (Lipinski definition) is 4. The van der Waals surface area contributed by atoms with E-state index in [9.17, 15) is 4.79 Å². The normalized spacial score (nSPS) is 16.8. The number of ether oxygens (including phenoxy) is 1. The average Bonchev–Trinajstić information content (AvgIpc) is 3.49. The van der Waals surface area contributed by atoms with Crippen molar-refractivity contribution in [3.63, 3.8) is 0 Å². The maximum absolute atomic E-state index is 10.8. The molecule has 182 valence electrons. The zero-order valence-electron chi connectivity index (χ0n) is 18.9. The van der Waals surface area contributed by atoms with Gasteiger partial charge in [0, 0.05) is 24.5 Å². The highest BCUT2D eigenvalue weighted by Gasteiger charge is 2.23. The smallest absolute Gasteiger partial charge is 0.404 e. The maximum Gasteiger partial charge on any atom is 0.404 e. The molecule has 1 fully saturated rings. The van der Waals surface area contributed by atoms with Crippen LogP contribution in [0.4, 0.5) is 16.3 Å². The summed E-state index contributed by atoms with van der Waals surface area (Å²) in [6, 6.07) is 12.8. The van der Waals surface area contributed by atoms with Crippen LogP contribution in [0.5, 0.6) is 5.75 Å². The monoisotopic (exact) mass is 520 g/mol. The first-order valence-corrected chi connectivity index (χ1v) is 12.3. The number of hydrogen-bond acceptors (Lipinski definition) is 8. The van der Waals surface area contributed by atoms with Crippen molar-refractivity contribution >= 4 is 50.8 Å². The van der Waals surface area contributed by atoms with Crippen LogP contribution in [0.3, 0.4) is 0 Å². The molecule has 3 aromatic heterocycles. The first kappa shape index (κ1) is 23.8. The largest absolute Gasteiger partial charge is 0.486 e. The van der Waals surface area contributed by atoms with Crippen molar-refractivity contribution in [3.05, 3.63) is 70.6 Å². The summed E-state index contributed by atoms with van der Waals surface area (Å²) >= 11 is 7.94. The van der Waals surface area contributed by atoms with Crippen molar-refractivity contribution in [1.29, 1.82) is 0 Å². The number of benzene rings is 1. The van der Waals surface area contributed by atoms with Gasteiger partial charge < -0.3 is 25.8 Å². The van der Waals surface area contributed by atoms with Gasteiger partial charge in [0.25, 0.3) is 0 Å². The Labute approximate surface area is 215 Å². The van der Waals surface area contributed by atoms with Gasteiger partial charge in [-0.15, -0.1) is 11.3 Å². The Morgan fingerprint density at radius 1 is 1.25 bits per heavy atom. The van der Waals surface area contributed by atoms with E-state index in [1.165, 1.54) is 17.7 Å². The zero-order chi connectivity index (χ0) is 24.9. The highest BCUT2D eigenvalue weighted by Crippen LogP contribution is 2.33. The summed E-state index contributed by atoms with van der Waals surface area (Å²) in [7, 11) is 0. The molecule has 2 atom stereocenters. The van der Waals surface area contributed by atoms with E-state index in [1.54, 1.807) is 18.3 Å². The molecule has 4 heterocycles. The van der Waals surface area contributed by atoms with E-state index in [1.807, 2.05) is 30.3 Å². The van der Waals surface area contributed by atoms with E-state index in [-0.39, 0.29) is 12.1 Å². The Kier molecular flexibility index (Phi) is 7.13. The molecular formula is C25H21ClN6O3S. The zero-order valence-corrected chi connectivity index (χ0v) is 20.4. The molecule has 1 amide bonds. The minimum Gasteiger partial charge on any atom is -0.486 e. The third-order valence-corrected chi connectivity index (χ3v) is 6.78. The summed E-state index contributed by atoms with van der Waals surface area (Å²) in [5.41, 5.74) is 2.36. The fourth-order valence-corrected chi connectivity index (χ4v) is 4.91. The topological polar surface area (TPSA) is 121 Å². The van der Waals surface area contributed by atoms with Crippen molar-refractivity contribution in [2.24, 2.45) is 0 Å². The number of pyridine rings is 1. The lowest BCUT2D eigenvalue weighted by Gasteiger charge is -2.11. The van der Waals surface area contributed by atoms with Crippen LogP contribution in [0, 0.1) is 11.8 Å². The van der Waals surface area contributed by atoms with E-state index in [2.05, 4.69) is 42.7 Å². The molecule has 0 spiro atoms. The molecule has 0 bridgehead atoms. The van der Waals surface area contributed by atoms with Crippen LogP contribution >= 0.6 is 22.9 Å². The molecule has 1 saturated heterocycles. The van der Waals surface area contributed by atoms with Crippen LogP contribution in [0.25, 0.3) is 10.2 Å². The Bertz CT molecular complexity index is 1450. The van der Waals surface area contributed by atoms with Gasteiger partial charge in [0.15, 0.2) is 5.82 Å². The third-order valence-electron chi connectivity index (χ3n) is 5.44. The van der Waals surface area contributed by atoms with Crippen molar-refractivity contribution in [1.82, 2.24) is 25.6 Å². The summed E-state index contributed by atoms with van der Waals surface area (Å²) in [5.74, 6) is 7.58. The number of rotatable bonds is 6. The number of thiophene rings is 1. The number of halogens is 1. The number of nitrogens with zero attached hydrogens (tertiary/aromatic N) is 3. The van der Waals surface area contributed by atoms with Gasteiger partial charge in [-0.2, -0.15) is 0 Å². The van der Waals surface area contributed by atoms with Crippen LogP contribution in [0.1, 0.15) is 17.0 Å². The van der Waals surface area contributed by atoms with Gasteiger partial charge >= 0.3 is 6.09 Å². The van der Waals surface area contributed by atoms with Gasteiger partial charge in [0.1, 0.15) is 18.7 Å². The van der Waals surface area contributed by atoms with Gasteiger partial charge in [-0.3, -0.25) is 4.98 Å². The number of fused-ring (bicyclic) bond motifs is 1. The summed E-state index contributed by atoms with van der Waals surface area (Å²) in [4.78, 5) is 24.7. The Hall–Kier alpha value is -3.91. The Morgan fingerprint density at radius 2 is 2.17 bits per heavy atom. The summed E-state index contributed by atoms with van der Waals surface area (Å²) in [6.45, 7) is 0.888. The molecule has 1 aromatic carbocycles. The number of carbonyl (C=O) groups is 1. The van der Waals surface area contributed by atoms with Crippen LogP contribution < -0.4 is 20.7 Å². The van der Waals surface area contributed by atoms with Crippen molar-refractivity contribution < 1.29 is 14.6 Å². The van der Waals surface area contributed by atoms with Gasteiger partial charge in [-0.1, -0.05) is 29.5 Å². The minimum atomic E-state index is -1.02. The highest BCUT2D eigenvalue weighted by molar-refractivity contribution is 7.20. The lowest BCUT2D eigenvalue weighted by atomic mass is 10.2. The molecule has 11 heteroatoms. The van der Waals surface area contributed by atoms with Gasteiger partial charge in [-0.05, 0) is 42.8 Å². The van der Waals surface area contributed by atoms with Gasteiger partial charge in [0.2, 0.25) is 0 Å². The molecule has 1 aliphatic heterocycles. The second-order valence-corrected chi connectivity index (χ2v) is 9.50. The van der Waals surface area contributed by atoms with E-state index >= 15 is 0 Å². The predicted octanol–water partition coefficient (Wildman–Crippen LogP) is 4.41. The molecule has 0 unspecified atom stereocenters. The average molecular weight is 521 g/mol. The second kappa shape index (κ2) is 10.8. The standard InChI is InChI=1S/C25H21ClN6O3S/c26-20-10-16(5-7-22(20)35-13-17-3-1-2-8-27-17)31-24-23-21(29-14-30-24)11-19(36-23)6-4-15-9-18(12-28-15)32-25(33)34/h1-3,5,7-8,10-11,14-15,18,28,32H,9,12-13H2,(H,33,34)(H,29,30,31)/t15-,18-/m1/s1. The molecule has 4 aromatic rings. The van der Waals surface area contributed by atoms with E-state index in [4.69, 9.17) is 21.4 Å². The molecule has 0 radical (unpaired) electrons. The number of anilines is 2. The predicted molar refractivity (Wildman–Crippen MR) is 139 cm³/mol. The molecular weight excluding hydrogens is 500 g/mol. The third kappa shape index (κ3) is 5.83. The van der Waals surface area contributed by atoms with E-state index in [0.29, 0.717) is 36.2 Å². The lowest BCUT2D eigenvalue weighted by molar-refractivity contribution is 0.190. The minimum absolute atomic E-state index is 0.0729. The van der Waals surface area contributed by atoms with Crippen LogP contribution in [0.15, 0.2) is 55.0 Å². The first-order chi connectivity index (χ1) is 17.5. The lowest BCUT2D eigenvalue weighted by Crippen LogP contribution is -2.34. The highest BCUT2D eigenvalue weighted by atomic mass is 35.5. The van der Waals surface area contributed by atoms with Crippen molar-refractivity contribution in [2.75, 3.05) is 11.9 Å². The molecule has 5 rings (SSSR count). The number of amides is 1. The second-order valence-electron chi connectivity index (χ2n) is 8.04. The number of carboxylic acid groups (broad SMARTS) is 1. The van der Waals surface area contributed by atoms with Crippen molar-refractivity contribution in [3.8, 4) is 17.6 Å². The number of aromatic nitrogens is 3.